The molecule has 1 unspecified atom stereocenters. The van der Waals surface area contributed by atoms with Crippen molar-refractivity contribution in [3.8, 4) is 0 Å². The molecule has 0 spiro atoms. The molecule has 7 nitrogen and oxygen atoms in total. The number of piperazine rings is 1. The second kappa shape index (κ2) is 12.4. The Bertz CT molecular complexity index is 771. The molecule has 2 saturated heterocycles. The van der Waals surface area contributed by atoms with E-state index in [0.29, 0.717) is 6.04 Å². The molecule has 0 amide bonds. The van der Waals surface area contributed by atoms with Gasteiger partial charge in [-0.05, 0) is 38.4 Å². The van der Waals surface area contributed by atoms with E-state index >= 15 is 0 Å². The molecule has 0 aliphatic carbocycles. The van der Waals surface area contributed by atoms with Gasteiger partial charge in [0.15, 0.2) is 5.96 Å². The number of likely N-dealkylation sites (tertiary alicyclic amines) is 1. The van der Waals surface area contributed by atoms with Gasteiger partial charge in [0.25, 0.3) is 0 Å². The molecule has 8 heteroatoms. The molecule has 2 aliphatic heterocycles. The molecule has 170 valence electrons. The summed E-state index contributed by atoms with van der Waals surface area (Å²) < 4.78 is 4.96. The molecular weight excluding hydrogens is 503 g/mol. The quantitative estimate of drug-likeness (QED) is 0.332. The van der Waals surface area contributed by atoms with Crippen molar-refractivity contribution in [2.24, 2.45) is 4.99 Å². The van der Waals surface area contributed by atoms with Crippen molar-refractivity contribution in [2.45, 2.75) is 32.4 Å². The molecule has 1 atom stereocenters. The fourth-order valence-corrected chi connectivity index (χ4v) is 4.42. The molecular formula is C23H35IN6O. The Morgan fingerprint density at radius 2 is 1.81 bits per heavy atom. The summed E-state index contributed by atoms with van der Waals surface area (Å²) in [5, 5.41) is 7.56. The first-order chi connectivity index (χ1) is 14.8. The van der Waals surface area contributed by atoms with Gasteiger partial charge in [-0.1, -0.05) is 35.5 Å². The van der Waals surface area contributed by atoms with Gasteiger partial charge in [0.2, 0.25) is 0 Å². The number of rotatable bonds is 7. The maximum absolute atomic E-state index is 5.10. The number of guanidine groups is 1. The van der Waals surface area contributed by atoms with E-state index in [4.69, 9.17) is 9.52 Å². The Labute approximate surface area is 202 Å². The van der Waals surface area contributed by atoms with E-state index in [1.54, 1.807) is 6.26 Å². The van der Waals surface area contributed by atoms with Crippen LogP contribution in [0.5, 0.6) is 0 Å². The zero-order valence-electron chi connectivity index (χ0n) is 18.4. The second-order valence-electron chi connectivity index (χ2n) is 8.12. The van der Waals surface area contributed by atoms with Crippen molar-refractivity contribution in [3.63, 3.8) is 0 Å². The molecule has 31 heavy (non-hydrogen) atoms. The largest absolute Gasteiger partial charge is 0.364 e. The average molecular weight is 538 g/mol. The summed E-state index contributed by atoms with van der Waals surface area (Å²) in [7, 11) is 0. The van der Waals surface area contributed by atoms with Gasteiger partial charge in [-0.3, -0.25) is 14.8 Å². The highest BCUT2D eigenvalue weighted by Gasteiger charge is 2.25. The van der Waals surface area contributed by atoms with Gasteiger partial charge in [0.05, 0.1) is 18.3 Å². The normalized spacial score (nSPS) is 19.3. The Balaban J connectivity index is 0.00000272. The molecule has 1 N–H and O–H groups in total. The van der Waals surface area contributed by atoms with E-state index in [9.17, 15) is 0 Å². The molecule has 3 heterocycles. The highest BCUT2D eigenvalue weighted by Crippen LogP contribution is 2.25. The van der Waals surface area contributed by atoms with Crippen LogP contribution in [0.3, 0.4) is 0 Å². The smallest absolute Gasteiger partial charge is 0.194 e. The summed E-state index contributed by atoms with van der Waals surface area (Å²) >= 11 is 0. The Morgan fingerprint density at radius 1 is 1.06 bits per heavy atom. The third-order valence-electron chi connectivity index (χ3n) is 6.06. The van der Waals surface area contributed by atoms with E-state index in [1.165, 1.54) is 31.5 Å². The Morgan fingerprint density at radius 3 is 2.45 bits per heavy atom. The lowest BCUT2D eigenvalue weighted by Crippen LogP contribution is -2.52. The number of nitrogens with zero attached hydrogens (tertiary/aromatic N) is 5. The van der Waals surface area contributed by atoms with E-state index in [2.05, 4.69) is 62.4 Å². The van der Waals surface area contributed by atoms with Gasteiger partial charge in [0.1, 0.15) is 6.26 Å². The summed E-state index contributed by atoms with van der Waals surface area (Å²) in [6, 6.07) is 13.2. The van der Waals surface area contributed by atoms with Gasteiger partial charge in [-0.2, -0.15) is 0 Å². The lowest BCUT2D eigenvalue weighted by molar-refractivity contribution is 0.168. The van der Waals surface area contributed by atoms with E-state index in [-0.39, 0.29) is 24.0 Å². The summed E-state index contributed by atoms with van der Waals surface area (Å²) in [6.45, 7) is 11.0. The predicted octanol–water partition coefficient (Wildman–Crippen LogP) is 3.21. The van der Waals surface area contributed by atoms with Gasteiger partial charge >= 0.3 is 0 Å². The molecule has 4 rings (SSSR count). The molecule has 2 fully saturated rings. The van der Waals surface area contributed by atoms with E-state index in [0.717, 1.165) is 57.5 Å². The minimum absolute atomic E-state index is 0. The molecule has 1 aromatic heterocycles. The Kier molecular flexibility index (Phi) is 9.60. The average Bonchev–Trinajstić information content (AvgIpc) is 3.49. The van der Waals surface area contributed by atoms with Crippen molar-refractivity contribution < 1.29 is 4.52 Å². The fraction of sp³-hybridized carbons (Fsp3) is 0.565. The molecule has 0 saturated carbocycles. The van der Waals surface area contributed by atoms with Crippen LogP contribution in [0.1, 0.15) is 37.1 Å². The van der Waals surface area contributed by atoms with Crippen LogP contribution in [0.15, 0.2) is 52.2 Å². The number of hydrogen-bond donors (Lipinski definition) is 1. The summed E-state index contributed by atoms with van der Waals surface area (Å²) in [5.41, 5.74) is 2.37. The number of halogens is 1. The van der Waals surface area contributed by atoms with Crippen molar-refractivity contribution in [3.05, 3.63) is 53.9 Å². The zero-order chi connectivity index (χ0) is 20.6. The maximum Gasteiger partial charge on any atom is 0.194 e. The van der Waals surface area contributed by atoms with Gasteiger partial charge in [-0.25, -0.2) is 0 Å². The molecule has 0 bridgehead atoms. The van der Waals surface area contributed by atoms with E-state index < -0.39 is 0 Å². The monoisotopic (exact) mass is 538 g/mol. The van der Waals surface area contributed by atoms with Crippen LogP contribution in [0.25, 0.3) is 0 Å². The molecule has 2 aromatic rings. The fourth-order valence-electron chi connectivity index (χ4n) is 4.42. The third-order valence-corrected chi connectivity index (χ3v) is 6.06. The van der Waals surface area contributed by atoms with Crippen LogP contribution in [0.4, 0.5) is 0 Å². The van der Waals surface area contributed by atoms with E-state index in [1.807, 2.05) is 6.07 Å². The minimum Gasteiger partial charge on any atom is -0.364 e. The maximum atomic E-state index is 5.10. The second-order valence-corrected chi connectivity index (χ2v) is 8.12. The molecule has 1 aromatic carbocycles. The molecule has 0 radical (unpaired) electrons. The number of aliphatic imine (C=N–C) groups is 1. The topological polar surface area (TPSA) is 60.1 Å². The van der Waals surface area contributed by atoms with Crippen LogP contribution in [0, 0.1) is 0 Å². The van der Waals surface area contributed by atoms with Crippen molar-refractivity contribution in [1.82, 2.24) is 25.2 Å². The van der Waals surface area contributed by atoms with Crippen LogP contribution >= 0.6 is 24.0 Å². The summed E-state index contributed by atoms with van der Waals surface area (Å²) in [4.78, 5) is 12.5. The SMILES string of the molecule is CCNC(=NCC(c1ccccc1)N1CCCC1)N1CCN(Cc2ccon2)CC1.I. The summed E-state index contributed by atoms with van der Waals surface area (Å²) in [6.07, 6.45) is 4.23. The number of hydrogen-bond acceptors (Lipinski definition) is 5. The van der Waals surface area contributed by atoms with Crippen molar-refractivity contribution in [1.29, 1.82) is 0 Å². The van der Waals surface area contributed by atoms with Crippen molar-refractivity contribution in [2.75, 3.05) is 52.4 Å². The van der Waals surface area contributed by atoms with Crippen LogP contribution < -0.4 is 5.32 Å². The van der Waals surface area contributed by atoms with Crippen LogP contribution in [-0.4, -0.2) is 78.2 Å². The van der Waals surface area contributed by atoms with Gasteiger partial charge < -0.3 is 14.7 Å². The van der Waals surface area contributed by atoms with Gasteiger partial charge in [0, 0.05) is 45.3 Å². The first kappa shape index (κ1) is 24.0. The number of aromatic nitrogens is 1. The Hall–Kier alpha value is -1.65. The predicted molar refractivity (Wildman–Crippen MR) is 135 cm³/mol. The van der Waals surface area contributed by atoms with Crippen LogP contribution in [-0.2, 0) is 6.54 Å². The van der Waals surface area contributed by atoms with Crippen molar-refractivity contribution >= 4 is 29.9 Å². The zero-order valence-corrected chi connectivity index (χ0v) is 20.8. The highest BCUT2D eigenvalue weighted by molar-refractivity contribution is 14.0. The summed E-state index contributed by atoms with van der Waals surface area (Å²) in [5.74, 6) is 1.04. The first-order valence-electron chi connectivity index (χ1n) is 11.3. The number of nitrogens with one attached hydrogen (secondary N) is 1. The standard InChI is InChI=1S/C23H34N6O.HI/c1-2-24-23(29-15-13-27(14-16-29)19-21-10-17-30-26-21)25-18-22(28-11-6-7-12-28)20-8-4-3-5-9-20;/h3-5,8-10,17,22H,2,6-7,11-16,18-19H2,1H3,(H,24,25);1H. The van der Waals surface area contributed by atoms with Gasteiger partial charge in [-0.15, -0.1) is 24.0 Å². The molecule has 2 aliphatic rings. The minimum atomic E-state index is 0. The third kappa shape index (κ3) is 6.66. The first-order valence-corrected chi connectivity index (χ1v) is 11.3. The lowest BCUT2D eigenvalue weighted by Gasteiger charge is -2.36. The number of benzene rings is 1. The van der Waals surface area contributed by atoms with Crippen LogP contribution in [0.2, 0.25) is 0 Å². The highest BCUT2D eigenvalue weighted by atomic mass is 127. The lowest BCUT2D eigenvalue weighted by atomic mass is 10.1.